The van der Waals surface area contributed by atoms with E-state index in [0.717, 1.165) is 0 Å². The molecule has 3 rings (SSSR count). The maximum atomic E-state index is 13.4. The summed E-state index contributed by atoms with van der Waals surface area (Å²) in [6.45, 7) is 17.0. The van der Waals surface area contributed by atoms with E-state index in [4.69, 9.17) is 47.4 Å². The summed E-state index contributed by atoms with van der Waals surface area (Å²) in [7, 11) is 4.84. The highest BCUT2D eigenvalue weighted by Crippen LogP contribution is 2.39. The number of allylic oxidation sites excluding steroid dienone is 2. The molecule has 0 aromatic carbocycles. The van der Waals surface area contributed by atoms with E-state index in [1.54, 1.807) is 78.8 Å². The summed E-state index contributed by atoms with van der Waals surface area (Å²) in [4.78, 5) is 78.7. The summed E-state index contributed by atoms with van der Waals surface area (Å²) < 4.78 is 61.4. The number of carbonyl (C=O) groups is 6. The zero-order valence-corrected chi connectivity index (χ0v) is 41.2. The van der Waals surface area contributed by atoms with Crippen molar-refractivity contribution in [1.29, 1.82) is 0 Å². The third-order valence-corrected chi connectivity index (χ3v) is 12.1. The van der Waals surface area contributed by atoms with Crippen LogP contribution in [0.3, 0.4) is 0 Å². The van der Waals surface area contributed by atoms with Gasteiger partial charge >= 0.3 is 29.8 Å². The molecule has 3 aliphatic rings. The molecule has 0 bridgehead atoms. The first-order chi connectivity index (χ1) is 31.1. The van der Waals surface area contributed by atoms with Crippen molar-refractivity contribution >= 4 is 36.1 Å². The highest BCUT2D eigenvalue weighted by atomic mass is 16.7. The van der Waals surface area contributed by atoms with E-state index in [0.29, 0.717) is 12.7 Å². The Morgan fingerprint density at radius 2 is 1.61 bits per heavy atom. The largest absolute Gasteiger partial charge is 0.462 e. The zero-order chi connectivity index (χ0) is 49.5. The molecule has 0 spiro atoms. The first-order valence-electron chi connectivity index (χ1n) is 23.3. The van der Waals surface area contributed by atoms with Crippen LogP contribution in [0.25, 0.3) is 0 Å². The molecule has 376 valence electrons. The average molecular weight is 940 g/mol. The molecule has 16 atom stereocenters. The average Bonchev–Trinajstić information content (AvgIpc) is 3.21. The molecule has 18 heteroatoms. The van der Waals surface area contributed by atoms with Gasteiger partial charge in [0.2, 0.25) is 0 Å². The summed E-state index contributed by atoms with van der Waals surface area (Å²) in [5, 5.41) is 12.3. The number of likely N-dealkylation sites (N-methyl/N-ethyl adjacent to an activating group) is 1. The van der Waals surface area contributed by atoms with Gasteiger partial charge in [-0.2, -0.15) is 0 Å². The van der Waals surface area contributed by atoms with Crippen LogP contribution in [0, 0.1) is 17.8 Å². The van der Waals surface area contributed by atoms with E-state index in [2.05, 4.69) is 0 Å². The summed E-state index contributed by atoms with van der Waals surface area (Å²) in [6.07, 6.45) is -4.18. The Balaban J connectivity index is 2.07. The van der Waals surface area contributed by atoms with Gasteiger partial charge in [-0.25, -0.2) is 0 Å². The number of ether oxygens (including phenoxy) is 10. The quantitative estimate of drug-likeness (QED) is 0.123. The van der Waals surface area contributed by atoms with Gasteiger partial charge in [-0.1, -0.05) is 52.8 Å². The third kappa shape index (κ3) is 16.5. The molecule has 1 unspecified atom stereocenters. The predicted molar refractivity (Wildman–Crippen MR) is 238 cm³/mol. The highest BCUT2D eigenvalue weighted by Gasteiger charge is 2.54. The molecule has 0 aliphatic carbocycles. The molecule has 18 nitrogen and oxygen atoms in total. The van der Waals surface area contributed by atoms with Crippen LogP contribution < -0.4 is 0 Å². The van der Waals surface area contributed by atoms with E-state index in [1.807, 2.05) is 26.8 Å². The minimum absolute atomic E-state index is 0.0238. The molecule has 0 aromatic rings. The van der Waals surface area contributed by atoms with E-state index < -0.39 is 133 Å². The molecule has 2 saturated heterocycles. The molecule has 66 heavy (non-hydrogen) atoms. The van der Waals surface area contributed by atoms with Crippen molar-refractivity contribution in [3.05, 3.63) is 24.3 Å². The smallest absolute Gasteiger partial charge is 0.309 e. The van der Waals surface area contributed by atoms with Crippen molar-refractivity contribution in [3.63, 3.8) is 0 Å². The Hall–Kier alpha value is -3.78. The second-order valence-electron chi connectivity index (χ2n) is 18.6. The lowest BCUT2D eigenvalue weighted by Gasteiger charge is -2.51. The van der Waals surface area contributed by atoms with Gasteiger partial charge in [0.1, 0.15) is 42.9 Å². The lowest BCUT2D eigenvalue weighted by Crippen LogP contribution is -2.66. The molecular weight excluding hydrogens is 863 g/mol. The second-order valence-corrected chi connectivity index (χ2v) is 18.6. The van der Waals surface area contributed by atoms with Crippen molar-refractivity contribution in [2.24, 2.45) is 17.8 Å². The molecule has 0 radical (unpaired) electrons. The maximum Gasteiger partial charge on any atom is 0.309 e. The summed E-state index contributed by atoms with van der Waals surface area (Å²) in [5.74, 6) is -3.91. The number of cyclic esters (lactones) is 1. The van der Waals surface area contributed by atoms with E-state index in [1.165, 1.54) is 14.0 Å². The van der Waals surface area contributed by atoms with Crippen molar-refractivity contribution < 1.29 is 81.2 Å². The normalized spacial score (nSPS) is 37.0. The lowest BCUT2D eigenvalue weighted by molar-refractivity contribution is -0.344. The van der Waals surface area contributed by atoms with Gasteiger partial charge in [0.15, 0.2) is 24.3 Å². The number of carbonyl (C=O) groups excluding carboxylic acids is 6. The molecular formula is C48H77NO17. The Morgan fingerprint density at radius 3 is 2.20 bits per heavy atom. The Bertz CT molecular complexity index is 1650. The number of aliphatic hydroxyl groups is 1. The van der Waals surface area contributed by atoms with Crippen molar-refractivity contribution in [2.75, 3.05) is 21.2 Å². The topological polar surface area (TPSA) is 218 Å². The molecule has 0 amide bonds. The van der Waals surface area contributed by atoms with E-state index in [-0.39, 0.29) is 44.4 Å². The molecule has 0 aromatic heterocycles. The van der Waals surface area contributed by atoms with Crippen LogP contribution >= 0.6 is 0 Å². The molecule has 1 N–H and O–H groups in total. The second kappa shape index (κ2) is 26.7. The van der Waals surface area contributed by atoms with Gasteiger partial charge in [0.05, 0.1) is 30.8 Å². The van der Waals surface area contributed by atoms with Crippen LogP contribution in [-0.2, 0) is 76.1 Å². The number of esters is 5. The van der Waals surface area contributed by atoms with Crippen molar-refractivity contribution in [2.45, 2.75) is 206 Å². The molecule has 2 fully saturated rings. The van der Waals surface area contributed by atoms with E-state index in [9.17, 15) is 33.9 Å². The van der Waals surface area contributed by atoms with Crippen LogP contribution in [0.4, 0.5) is 0 Å². The first kappa shape index (κ1) is 56.5. The van der Waals surface area contributed by atoms with Gasteiger partial charge < -0.3 is 62.2 Å². The van der Waals surface area contributed by atoms with Gasteiger partial charge in [-0.3, -0.25) is 24.0 Å². The van der Waals surface area contributed by atoms with Crippen LogP contribution in [0.2, 0.25) is 0 Å². The number of methoxy groups -OCH3 is 1. The van der Waals surface area contributed by atoms with Gasteiger partial charge in [0, 0.05) is 52.6 Å². The first-order valence-corrected chi connectivity index (χ1v) is 23.3. The summed E-state index contributed by atoms with van der Waals surface area (Å²) in [5.41, 5.74) is -1.34. The molecule has 3 heterocycles. The molecule has 3 aliphatic heterocycles. The fourth-order valence-corrected chi connectivity index (χ4v) is 8.87. The van der Waals surface area contributed by atoms with Crippen molar-refractivity contribution in [1.82, 2.24) is 4.90 Å². The summed E-state index contributed by atoms with van der Waals surface area (Å²) in [6, 6.07) is -0.837. The number of hydrogen-bond donors (Lipinski definition) is 1. The molecule has 0 saturated carbocycles. The standard InChI is InChI=1S/C48H77NO17/c1-14-36(52)62-34-20-18-16-17-19-29(6)58-39(55)25-35(61-32(9)51)45(57-13)44(33(21-22-50)24-28(34)5)65-47-42(56)41(49(11)12)43(30(7)60-47)64-40-26-48(10,66-37(53)15-2)46(31(8)59-40)63-38(54)23-27(3)4/h16-18,20,22,27-31,33-35,40-47,56H,14-15,19,21,23-26H2,1-13H3/b17-16+,20-18+/t28-,29-,30-,31+,33+,34+,35?,40+,41-,42-,43-,44+,45+,46+,47+,48-/m1/s1. The summed E-state index contributed by atoms with van der Waals surface area (Å²) >= 11 is 0. The number of rotatable bonds is 16. The third-order valence-electron chi connectivity index (χ3n) is 12.1. The minimum Gasteiger partial charge on any atom is -0.462 e. The SMILES string of the molecule is CCC(=O)O[C@H]1/C=C/C=C/C[C@@H](C)OC(=O)CC(OC(C)=O)[C@H](OC)[C@@H](O[C@@H]2O[C@H](C)[C@@H](O[C@H]3C[C@@](C)(OC(=O)CC)[C@@H](OC(=O)CC(C)C)[C@H](C)O3)[C@H](N(C)C)[C@H]2O)[C@@H](CC=O)C[C@H]1C. The van der Waals surface area contributed by atoms with Gasteiger partial charge in [-0.05, 0) is 72.0 Å². The van der Waals surface area contributed by atoms with Gasteiger partial charge in [-0.15, -0.1) is 0 Å². The Kier molecular flexibility index (Phi) is 22.9. The highest BCUT2D eigenvalue weighted by molar-refractivity contribution is 5.72. The number of nitrogens with zero attached hydrogens (tertiary/aromatic N) is 1. The number of hydrogen-bond acceptors (Lipinski definition) is 18. The van der Waals surface area contributed by atoms with Gasteiger partial charge in [0.25, 0.3) is 0 Å². The monoisotopic (exact) mass is 940 g/mol. The number of aliphatic hydroxyl groups excluding tert-OH is 1. The number of aldehydes is 1. The lowest BCUT2D eigenvalue weighted by atomic mass is 9.82. The minimum atomic E-state index is -1.45. The van der Waals surface area contributed by atoms with Crippen molar-refractivity contribution in [3.8, 4) is 0 Å². The maximum absolute atomic E-state index is 13.4. The fraction of sp³-hybridized carbons (Fsp3) is 0.792. The zero-order valence-electron chi connectivity index (χ0n) is 41.2. The van der Waals surface area contributed by atoms with E-state index >= 15 is 0 Å². The van der Waals surface area contributed by atoms with Crippen LogP contribution in [0.15, 0.2) is 24.3 Å². The predicted octanol–water partition coefficient (Wildman–Crippen LogP) is 4.94. The Labute approximate surface area is 390 Å². The van der Waals surface area contributed by atoms with Crippen LogP contribution in [0.5, 0.6) is 0 Å². The Morgan fingerprint density at radius 1 is 0.924 bits per heavy atom. The van der Waals surface area contributed by atoms with Crippen LogP contribution in [0.1, 0.15) is 121 Å². The van der Waals surface area contributed by atoms with Crippen LogP contribution in [-0.4, -0.2) is 153 Å². The fourth-order valence-electron chi connectivity index (χ4n) is 8.87.